The minimum atomic E-state index is -0.310. The van der Waals surface area contributed by atoms with E-state index in [9.17, 15) is 9.18 Å². The largest absolute Gasteiger partial charge is 0.335 e. The average molecular weight is 380 g/mol. The summed E-state index contributed by atoms with van der Waals surface area (Å²) in [5.74, 6) is -0.435. The number of benzene rings is 2. The number of amides is 1. The molecule has 2 aromatic heterocycles. The Balaban J connectivity index is 1.56. The summed E-state index contributed by atoms with van der Waals surface area (Å²) in [6.07, 6.45) is 1.55. The second-order valence-electron chi connectivity index (χ2n) is 6.27. The predicted octanol–water partition coefficient (Wildman–Crippen LogP) is 4.20. The molecule has 0 aliphatic carbocycles. The van der Waals surface area contributed by atoms with Crippen molar-refractivity contribution in [3.05, 3.63) is 76.8 Å². The molecule has 0 spiro atoms. The summed E-state index contributed by atoms with van der Waals surface area (Å²) < 4.78 is 15.9. The monoisotopic (exact) mass is 380 g/mol. The Hall–Kier alpha value is -3.06. The molecule has 2 aromatic carbocycles. The zero-order valence-corrected chi connectivity index (χ0v) is 15.7. The van der Waals surface area contributed by atoms with E-state index in [1.165, 1.54) is 12.1 Å². The van der Waals surface area contributed by atoms with Crippen LogP contribution in [0.15, 0.2) is 54.7 Å². The Bertz CT molecular complexity index is 1080. The Kier molecular flexibility index (Phi) is 4.45. The van der Waals surface area contributed by atoms with Gasteiger partial charge in [-0.15, -0.1) is 11.3 Å². The number of nitrogens with zero attached hydrogens (tertiary/aromatic N) is 4. The number of carbonyl (C=O) groups is 1. The molecule has 0 radical (unpaired) electrons. The molecule has 0 aliphatic heterocycles. The molecule has 1 amide bonds. The first-order chi connectivity index (χ1) is 13.0. The normalized spacial score (nSPS) is 11.1. The van der Waals surface area contributed by atoms with Gasteiger partial charge in [-0.05, 0) is 43.3 Å². The van der Waals surface area contributed by atoms with Gasteiger partial charge in [0.2, 0.25) is 0 Å². The topological polar surface area (TPSA) is 51.0 Å². The highest BCUT2D eigenvalue weighted by Gasteiger charge is 2.20. The summed E-state index contributed by atoms with van der Waals surface area (Å²) in [7, 11) is 1.75. The maximum Gasteiger partial charge on any atom is 0.257 e. The van der Waals surface area contributed by atoms with Crippen LogP contribution < -0.4 is 0 Å². The summed E-state index contributed by atoms with van der Waals surface area (Å²) in [6.45, 7) is 2.26. The molecule has 4 rings (SSSR count). The zero-order chi connectivity index (χ0) is 19.0. The molecule has 0 saturated heterocycles. The molecule has 4 aromatic rings. The summed E-state index contributed by atoms with van der Waals surface area (Å²) in [6, 6.07) is 13.9. The maximum absolute atomic E-state index is 13.1. The summed E-state index contributed by atoms with van der Waals surface area (Å²) in [5.41, 5.74) is 2.88. The van der Waals surface area contributed by atoms with E-state index >= 15 is 0 Å². The molecule has 0 atom stereocenters. The molecule has 0 N–H and O–H groups in total. The highest BCUT2D eigenvalue weighted by molar-refractivity contribution is 7.18. The quantitative estimate of drug-likeness (QED) is 0.533. The number of para-hydroxylation sites is 1. The molecule has 0 saturated carbocycles. The molecule has 2 heterocycles. The van der Waals surface area contributed by atoms with Crippen LogP contribution in [0.25, 0.3) is 15.9 Å². The minimum Gasteiger partial charge on any atom is -0.335 e. The zero-order valence-electron chi connectivity index (χ0n) is 14.9. The molecule has 0 fully saturated rings. The fourth-order valence-corrected chi connectivity index (χ4v) is 3.95. The van der Waals surface area contributed by atoms with Crippen molar-refractivity contribution in [3.8, 4) is 5.69 Å². The molecular formula is C20H17FN4OS. The first-order valence-corrected chi connectivity index (χ1v) is 9.25. The first-order valence-electron chi connectivity index (χ1n) is 8.43. The number of rotatable bonds is 4. The van der Waals surface area contributed by atoms with Gasteiger partial charge in [-0.2, -0.15) is 5.10 Å². The summed E-state index contributed by atoms with van der Waals surface area (Å²) in [5, 5.41) is 5.18. The van der Waals surface area contributed by atoms with Crippen molar-refractivity contribution < 1.29 is 9.18 Å². The fourth-order valence-electron chi connectivity index (χ4n) is 2.93. The Morgan fingerprint density at radius 2 is 1.93 bits per heavy atom. The van der Waals surface area contributed by atoms with Gasteiger partial charge in [0.1, 0.15) is 10.8 Å². The number of halogens is 1. The van der Waals surface area contributed by atoms with Crippen LogP contribution in [0.3, 0.4) is 0 Å². The lowest BCUT2D eigenvalue weighted by atomic mass is 10.2. The van der Waals surface area contributed by atoms with E-state index < -0.39 is 0 Å². The van der Waals surface area contributed by atoms with Gasteiger partial charge in [0.05, 0.1) is 39.9 Å². The van der Waals surface area contributed by atoms with Crippen molar-refractivity contribution in [1.29, 1.82) is 0 Å². The Morgan fingerprint density at radius 1 is 1.19 bits per heavy atom. The van der Waals surface area contributed by atoms with Crippen LogP contribution in [0.2, 0.25) is 0 Å². The van der Waals surface area contributed by atoms with E-state index in [1.54, 1.807) is 46.3 Å². The Labute approximate surface area is 159 Å². The third-order valence-electron chi connectivity index (χ3n) is 4.37. The second kappa shape index (κ2) is 6.92. The van der Waals surface area contributed by atoms with Gasteiger partial charge in [0, 0.05) is 7.05 Å². The minimum absolute atomic E-state index is 0.125. The fraction of sp³-hybridized carbons (Fsp3) is 0.150. The highest BCUT2D eigenvalue weighted by atomic mass is 32.1. The number of hydrogen-bond acceptors (Lipinski definition) is 4. The summed E-state index contributed by atoms with van der Waals surface area (Å²) >= 11 is 1.58. The number of aromatic nitrogens is 3. The molecule has 0 unspecified atom stereocenters. The summed E-state index contributed by atoms with van der Waals surface area (Å²) in [4.78, 5) is 19.1. The van der Waals surface area contributed by atoms with Crippen LogP contribution in [0.5, 0.6) is 0 Å². The van der Waals surface area contributed by atoms with Crippen LogP contribution >= 0.6 is 11.3 Å². The molecule has 27 heavy (non-hydrogen) atoms. The number of thiazole rings is 1. The van der Waals surface area contributed by atoms with E-state index in [4.69, 9.17) is 0 Å². The van der Waals surface area contributed by atoms with Gasteiger partial charge in [-0.3, -0.25) is 4.79 Å². The van der Waals surface area contributed by atoms with Gasteiger partial charge in [0.25, 0.3) is 5.91 Å². The van der Waals surface area contributed by atoms with Gasteiger partial charge >= 0.3 is 0 Å². The van der Waals surface area contributed by atoms with Crippen molar-refractivity contribution in [2.75, 3.05) is 7.05 Å². The van der Waals surface area contributed by atoms with E-state index in [0.29, 0.717) is 23.5 Å². The van der Waals surface area contributed by atoms with E-state index in [-0.39, 0.29) is 11.7 Å². The van der Waals surface area contributed by atoms with Crippen molar-refractivity contribution in [1.82, 2.24) is 19.7 Å². The predicted molar refractivity (Wildman–Crippen MR) is 104 cm³/mol. The standard InChI is InChI=1S/C20H17FN4OS/c1-13-16(11-22-25(13)15-9-7-14(21)8-10-15)20(26)24(2)12-19-23-17-5-3-4-6-18(17)27-19/h3-11H,12H2,1-2H3. The third-order valence-corrected chi connectivity index (χ3v) is 5.39. The van der Waals surface area contributed by atoms with Crippen LogP contribution in [0.4, 0.5) is 4.39 Å². The third kappa shape index (κ3) is 3.33. The molecule has 136 valence electrons. The number of fused-ring (bicyclic) bond motifs is 1. The van der Waals surface area contributed by atoms with Crippen LogP contribution in [-0.2, 0) is 6.54 Å². The molecule has 0 aliphatic rings. The number of carbonyl (C=O) groups excluding carboxylic acids is 1. The van der Waals surface area contributed by atoms with Gasteiger partial charge < -0.3 is 4.90 Å². The second-order valence-corrected chi connectivity index (χ2v) is 7.38. The molecular weight excluding hydrogens is 363 g/mol. The average Bonchev–Trinajstić information content (AvgIpc) is 3.24. The lowest BCUT2D eigenvalue weighted by Gasteiger charge is -2.15. The molecule has 7 heteroatoms. The molecule has 0 bridgehead atoms. The molecule has 5 nitrogen and oxygen atoms in total. The Morgan fingerprint density at radius 3 is 2.67 bits per heavy atom. The first kappa shape index (κ1) is 17.4. The lowest BCUT2D eigenvalue weighted by molar-refractivity contribution is 0.0784. The maximum atomic E-state index is 13.1. The van der Waals surface area contributed by atoms with Crippen LogP contribution in [0.1, 0.15) is 21.1 Å². The van der Waals surface area contributed by atoms with E-state index in [2.05, 4.69) is 10.1 Å². The van der Waals surface area contributed by atoms with Crippen molar-refractivity contribution in [2.45, 2.75) is 13.5 Å². The van der Waals surface area contributed by atoms with E-state index in [0.717, 1.165) is 15.2 Å². The van der Waals surface area contributed by atoms with Crippen molar-refractivity contribution >= 4 is 27.5 Å². The lowest BCUT2D eigenvalue weighted by Crippen LogP contribution is -2.26. The van der Waals surface area contributed by atoms with E-state index in [1.807, 2.05) is 31.2 Å². The SMILES string of the molecule is Cc1c(C(=O)N(C)Cc2nc3ccccc3s2)cnn1-c1ccc(F)cc1. The van der Waals surface area contributed by atoms with Crippen molar-refractivity contribution in [3.63, 3.8) is 0 Å². The van der Waals surface area contributed by atoms with Gasteiger partial charge in [0.15, 0.2) is 0 Å². The smallest absolute Gasteiger partial charge is 0.257 e. The highest BCUT2D eigenvalue weighted by Crippen LogP contribution is 2.23. The number of hydrogen-bond donors (Lipinski definition) is 0. The van der Waals surface area contributed by atoms with Gasteiger partial charge in [-0.1, -0.05) is 12.1 Å². The van der Waals surface area contributed by atoms with Crippen molar-refractivity contribution in [2.24, 2.45) is 0 Å². The van der Waals surface area contributed by atoms with Gasteiger partial charge in [-0.25, -0.2) is 14.1 Å². The van der Waals surface area contributed by atoms with Crippen LogP contribution in [-0.4, -0.2) is 32.6 Å². The van der Waals surface area contributed by atoms with Crippen LogP contribution in [0, 0.1) is 12.7 Å².